The van der Waals surface area contributed by atoms with Crippen LogP contribution >= 0.6 is 0 Å². The van der Waals surface area contributed by atoms with Crippen molar-refractivity contribution in [3.8, 4) is 0 Å². The molecule has 3 rings (SSSR count). The molecule has 2 unspecified atom stereocenters. The summed E-state index contributed by atoms with van der Waals surface area (Å²) >= 11 is 0. The molecule has 3 fully saturated rings. The van der Waals surface area contributed by atoms with Crippen LogP contribution in [0, 0.1) is 35.0 Å². The van der Waals surface area contributed by atoms with Crippen molar-refractivity contribution in [2.24, 2.45) is 35.0 Å². The third-order valence-corrected chi connectivity index (χ3v) is 8.63. The quantitative estimate of drug-likeness (QED) is 0.385. The van der Waals surface area contributed by atoms with Gasteiger partial charge in [0.1, 0.15) is 0 Å². The largest absolute Gasteiger partial charge is 0.393 e. The highest BCUT2D eigenvalue weighted by Crippen LogP contribution is 2.59. The lowest BCUT2D eigenvalue weighted by atomic mass is 9.61. The minimum atomic E-state index is -0.182. The summed E-state index contributed by atoms with van der Waals surface area (Å²) in [6.45, 7) is 30.3. The van der Waals surface area contributed by atoms with E-state index < -0.39 is 0 Å². The van der Waals surface area contributed by atoms with Crippen molar-refractivity contribution >= 4 is 0 Å². The molecule has 1 nitrogen and oxygen atoms in total. The first-order valence-corrected chi connectivity index (χ1v) is 14.7. The highest BCUT2D eigenvalue weighted by Gasteiger charge is 2.50. The Labute approximate surface area is 220 Å². The van der Waals surface area contributed by atoms with Gasteiger partial charge in [0.2, 0.25) is 0 Å². The van der Waals surface area contributed by atoms with Crippen LogP contribution in [0.3, 0.4) is 0 Å². The Hall–Kier alpha value is -1.34. The lowest BCUT2D eigenvalue weighted by molar-refractivity contribution is 0.112. The molecular formula is C34H60O. The number of aliphatic hydroxyl groups is 1. The summed E-state index contributed by atoms with van der Waals surface area (Å²) in [6.07, 6.45) is 18.8. The van der Waals surface area contributed by atoms with E-state index in [1.807, 2.05) is 27.7 Å². The number of hydrogen-bond donors (Lipinski definition) is 1. The van der Waals surface area contributed by atoms with Gasteiger partial charge in [-0.15, -0.1) is 13.2 Å². The Balaban J connectivity index is 0.00000179. The minimum absolute atomic E-state index is 0.182. The molecule has 0 bridgehead atoms. The Bertz CT molecular complexity index is 693. The van der Waals surface area contributed by atoms with Gasteiger partial charge in [-0.1, -0.05) is 104 Å². The number of aliphatic hydroxyl groups excluding tert-OH is 1. The Morgan fingerprint density at radius 3 is 2.14 bits per heavy atom. The van der Waals surface area contributed by atoms with Gasteiger partial charge in [0, 0.05) is 0 Å². The third-order valence-electron chi connectivity index (χ3n) is 8.63. The first kappa shape index (κ1) is 33.7. The first-order chi connectivity index (χ1) is 16.7. The third kappa shape index (κ3) is 9.23. The van der Waals surface area contributed by atoms with Crippen molar-refractivity contribution in [2.75, 3.05) is 0 Å². The van der Waals surface area contributed by atoms with Gasteiger partial charge in [0.05, 0.1) is 6.10 Å². The van der Waals surface area contributed by atoms with E-state index in [0.29, 0.717) is 17.3 Å². The molecule has 3 aliphatic rings. The molecule has 0 saturated heterocycles. The molecule has 6 atom stereocenters. The van der Waals surface area contributed by atoms with Crippen molar-refractivity contribution in [3.63, 3.8) is 0 Å². The molecule has 3 saturated carbocycles. The zero-order valence-electron chi connectivity index (χ0n) is 25.0. The zero-order chi connectivity index (χ0) is 27.2. The predicted molar refractivity (Wildman–Crippen MR) is 160 cm³/mol. The van der Waals surface area contributed by atoms with Crippen molar-refractivity contribution in [3.05, 3.63) is 60.8 Å². The fourth-order valence-corrected chi connectivity index (χ4v) is 6.25. The van der Waals surface area contributed by atoms with Crippen LogP contribution in [0.5, 0.6) is 0 Å². The normalized spacial score (nSPS) is 32.1. The molecule has 0 amide bonds. The Kier molecular flexibility index (Phi) is 16.5. The summed E-state index contributed by atoms with van der Waals surface area (Å²) in [5, 5.41) is 10.0. The molecule has 35 heavy (non-hydrogen) atoms. The second-order valence-electron chi connectivity index (χ2n) is 10.9. The van der Waals surface area contributed by atoms with E-state index in [0.717, 1.165) is 37.0 Å². The monoisotopic (exact) mass is 484 g/mol. The van der Waals surface area contributed by atoms with Crippen LogP contribution in [0.15, 0.2) is 60.8 Å². The van der Waals surface area contributed by atoms with Crippen LogP contribution in [-0.2, 0) is 0 Å². The van der Waals surface area contributed by atoms with Crippen LogP contribution in [0.1, 0.15) is 114 Å². The number of fused-ring (bicyclic) bond motifs is 1. The standard InChI is InChI=1S/C28H44O.2C2H6.C2H4/c1-19(2)20(3)9-10-22(5)26-15-16-27-23(8-7-17-28(26,27)6)12-13-24-18-25(29)14-11-21(24)4;3*1-2/h9-10,12-13,19-20,22,25-27,29H,4,7-8,11,14-18H2,1-3,5-6H3;2*1-2H3;1-2H2/b10-9+,23-12+,24-13-;;;/t20-,22+,25-,26?,27?,28+;;;/m0.../s1. The fraction of sp³-hybridized carbons (Fsp3) is 0.706. The number of rotatable bonds is 5. The van der Waals surface area contributed by atoms with Crippen molar-refractivity contribution < 1.29 is 5.11 Å². The summed E-state index contributed by atoms with van der Waals surface area (Å²) in [7, 11) is 0. The van der Waals surface area contributed by atoms with Crippen LogP contribution in [0.2, 0.25) is 0 Å². The van der Waals surface area contributed by atoms with Gasteiger partial charge in [-0.05, 0) is 91.9 Å². The van der Waals surface area contributed by atoms with Crippen LogP contribution in [-0.4, -0.2) is 11.2 Å². The summed E-state index contributed by atoms with van der Waals surface area (Å²) in [4.78, 5) is 0. The SMILES string of the molecule is C=C.C=C1CC[C@H](O)C/C1=C/C=C1\CCC[C@@]2(C)C1CCC2[C@H](C)/C=C/[C@H](C)C(C)C.CC.CC. The molecule has 0 spiro atoms. The van der Waals surface area contributed by atoms with Crippen molar-refractivity contribution in [1.82, 2.24) is 0 Å². The second-order valence-corrected chi connectivity index (χ2v) is 10.9. The Morgan fingerprint density at radius 2 is 1.54 bits per heavy atom. The maximum Gasteiger partial charge on any atom is 0.0583 e. The van der Waals surface area contributed by atoms with Crippen LogP contribution in [0.4, 0.5) is 0 Å². The van der Waals surface area contributed by atoms with Gasteiger partial charge < -0.3 is 5.11 Å². The summed E-state index contributed by atoms with van der Waals surface area (Å²) in [5.74, 6) is 3.58. The van der Waals surface area contributed by atoms with Crippen molar-refractivity contribution in [1.29, 1.82) is 0 Å². The molecule has 0 aliphatic heterocycles. The van der Waals surface area contributed by atoms with E-state index in [1.54, 1.807) is 5.57 Å². The molecule has 3 aliphatic carbocycles. The molecule has 1 N–H and O–H groups in total. The van der Waals surface area contributed by atoms with E-state index >= 15 is 0 Å². The number of hydrogen-bond acceptors (Lipinski definition) is 1. The zero-order valence-corrected chi connectivity index (χ0v) is 25.0. The summed E-state index contributed by atoms with van der Waals surface area (Å²) in [5.41, 5.74) is 4.61. The molecule has 1 heteroatoms. The highest BCUT2D eigenvalue weighted by molar-refractivity contribution is 5.36. The van der Waals surface area contributed by atoms with E-state index in [-0.39, 0.29) is 6.10 Å². The first-order valence-electron chi connectivity index (χ1n) is 14.7. The molecule has 0 radical (unpaired) electrons. The lowest BCUT2D eigenvalue weighted by Gasteiger charge is -2.44. The maximum atomic E-state index is 10.0. The van der Waals surface area contributed by atoms with Crippen LogP contribution < -0.4 is 0 Å². The van der Waals surface area contributed by atoms with Gasteiger partial charge in [0.25, 0.3) is 0 Å². The smallest absolute Gasteiger partial charge is 0.0583 e. The predicted octanol–water partition coefficient (Wildman–Crippen LogP) is 10.5. The van der Waals surface area contributed by atoms with E-state index in [1.165, 1.54) is 43.3 Å². The van der Waals surface area contributed by atoms with E-state index in [4.69, 9.17) is 0 Å². The molecular weight excluding hydrogens is 424 g/mol. The van der Waals surface area contributed by atoms with Gasteiger partial charge >= 0.3 is 0 Å². The van der Waals surface area contributed by atoms with Gasteiger partial charge in [-0.25, -0.2) is 0 Å². The van der Waals surface area contributed by atoms with Gasteiger partial charge in [0.15, 0.2) is 0 Å². The molecule has 202 valence electrons. The highest BCUT2D eigenvalue weighted by atomic mass is 16.3. The average molecular weight is 485 g/mol. The topological polar surface area (TPSA) is 20.2 Å². The maximum absolute atomic E-state index is 10.0. The molecule has 0 aromatic heterocycles. The average Bonchev–Trinajstić information content (AvgIpc) is 3.24. The number of allylic oxidation sites excluding steroid dienone is 6. The fourth-order valence-electron chi connectivity index (χ4n) is 6.25. The van der Waals surface area contributed by atoms with Gasteiger partial charge in [-0.3, -0.25) is 0 Å². The van der Waals surface area contributed by atoms with Crippen molar-refractivity contribution in [2.45, 2.75) is 120 Å². The second kappa shape index (κ2) is 17.2. The molecule has 0 heterocycles. The molecule has 0 aromatic rings. The Morgan fingerprint density at radius 1 is 0.914 bits per heavy atom. The molecule has 0 aromatic carbocycles. The minimum Gasteiger partial charge on any atom is -0.393 e. The lowest BCUT2D eigenvalue weighted by Crippen LogP contribution is -2.35. The summed E-state index contributed by atoms with van der Waals surface area (Å²) in [6, 6.07) is 0. The van der Waals surface area contributed by atoms with Gasteiger partial charge in [-0.2, -0.15) is 0 Å². The van der Waals surface area contributed by atoms with E-state index in [2.05, 4.69) is 78.7 Å². The van der Waals surface area contributed by atoms with Crippen LogP contribution in [0.25, 0.3) is 0 Å². The summed E-state index contributed by atoms with van der Waals surface area (Å²) < 4.78 is 0. The van der Waals surface area contributed by atoms with E-state index in [9.17, 15) is 5.11 Å².